The first kappa shape index (κ1) is 30.1. The van der Waals surface area contributed by atoms with Gasteiger partial charge in [-0.1, -0.05) is 117 Å². The third-order valence-electron chi connectivity index (χ3n) is 5.60. The average Bonchev–Trinajstić information content (AvgIpc) is 2.63. The van der Waals surface area contributed by atoms with Gasteiger partial charge in [-0.05, 0) is 12.3 Å². The molecule has 0 aromatic heterocycles. The number of carboxylic acids is 2. The first-order valence-corrected chi connectivity index (χ1v) is 11.5. The molecular weight excluding hydrogens is 363 g/mol. The summed E-state index contributed by atoms with van der Waals surface area (Å²) in [6.45, 7) is 4.42. The van der Waals surface area contributed by atoms with Crippen LogP contribution in [-0.2, 0) is 9.59 Å². The van der Waals surface area contributed by atoms with Gasteiger partial charge < -0.3 is 10.2 Å². The Kier molecular flexibility index (Phi) is 23.3. The maximum atomic E-state index is 11.2. The van der Waals surface area contributed by atoms with Gasteiger partial charge >= 0.3 is 41.5 Å². The molecule has 0 bridgehead atoms. The van der Waals surface area contributed by atoms with Crippen LogP contribution >= 0.6 is 0 Å². The molecule has 0 aliphatic heterocycles. The van der Waals surface area contributed by atoms with Crippen LogP contribution in [0.3, 0.4) is 0 Å². The van der Waals surface area contributed by atoms with Crippen molar-refractivity contribution in [2.24, 2.45) is 11.8 Å². The molecule has 162 valence electrons. The first-order valence-electron chi connectivity index (χ1n) is 11.5. The van der Waals surface area contributed by atoms with Crippen LogP contribution in [0.25, 0.3) is 0 Å². The topological polar surface area (TPSA) is 74.6 Å². The summed E-state index contributed by atoms with van der Waals surface area (Å²) >= 11 is 0. The van der Waals surface area contributed by atoms with Crippen LogP contribution in [-0.4, -0.2) is 51.7 Å². The Hall–Kier alpha value is -0.0600. The molecular formula is C23H45NaO4. The molecule has 0 fully saturated rings. The Morgan fingerprint density at radius 2 is 0.929 bits per heavy atom. The monoisotopic (exact) mass is 408 g/mol. The van der Waals surface area contributed by atoms with Crippen molar-refractivity contribution in [3.05, 3.63) is 0 Å². The Morgan fingerprint density at radius 3 is 1.29 bits per heavy atom. The normalized spacial score (nSPS) is 12.0. The predicted molar refractivity (Wildman–Crippen MR) is 119 cm³/mol. The summed E-state index contributed by atoms with van der Waals surface area (Å²) < 4.78 is 0. The molecule has 0 spiro atoms. The molecule has 1 unspecified atom stereocenters. The van der Waals surface area contributed by atoms with Crippen LogP contribution in [0.4, 0.5) is 0 Å². The van der Waals surface area contributed by atoms with Crippen molar-refractivity contribution in [2.45, 2.75) is 123 Å². The van der Waals surface area contributed by atoms with Crippen LogP contribution in [0, 0.1) is 11.8 Å². The molecule has 0 aromatic rings. The molecule has 0 heterocycles. The molecule has 0 aromatic carbocycles. The molecule has 0 saturated carbocycles. The van der Waals surface area contributed by atoms with E-state index in [0.717, 1.165) is 32.1 Å². The van der Waals surface area contributed by atoms with Crippen molar-refractivity contribution in [2.75, 3.05) is 0 Å². The molecule has 2 N–H and O–H groups in total. The molecule has 0 saturated heterocycles. The Balaban J connectivity index is 0. The van der Waals surface area contributed by atoms with Gasteiger partial charge in [-0.3, -0.25) is 9.59 Å². The quantitative estimate of drug-likeness (QED) is 0.139. The van der Waals surface area contributed by atoms with Crippen LogP contribution in [0.5, 0.6) is 0 Å². The summed E-state index contributed by atoms with van der Waals surface area (Å²) in [5, 5.41) is 18.3. The van der Waals surface area contributed by atoms with Gasteiger partial charge in [-0.15, -0.1) is 0 Å². The SMILES string of the molecule is CCCCCCCCCCCCC(CCCCCC)CC(C(=O)O)C(=O)O.[NaH]. The van der Waals surface area contributed by atoms with Crippen molar-refractivity contribution in [3.8, 4) is 0 Å². The summed E-state index contributed by atoms with van der Waals surface area (Å²) in [7, 11) is 0. The third-order valence-corrected chi connectivity index (χ3v) is 5.60. The molecule has 0 aliphatic carbocycles. The average molecular weight is 409 g/mol. The zero-order valence-corrected chi connectivity index (χ0v) is 17.9. The molecule has 0 rings (SSSR count). The summed E-state index contributed by atoms with van der Waals surface area (Å²) in [6.07, 6.45) is 19.7. The third kappa shape index (κ3) is 18.0. The molecule has 4 nitrogen and oxygen atoms in total. The first-order chi connectivity index (χ1) is 13.0. The van der Waals surface area contributed by atoms with E-state index in [2.05, 4.69) is 13.8 Å². The fourth-order valence-corrected chi connectivity index (χ4v) is 3.80. The second-order valence-corrected chi connectivity index (χ2v) is 8.15. The van der Waals surface area contributed by atoms with Gasteiger partial charge in [0.1, 0.15) is 0 Å². The van der Waals surface area contributed by atoms with E-state index < -0.39 is 17.9 Å². The molecule has 0 radical (unpaired) electrons. The maximum absolute atomic E-state index is 11.2. The van der Waals surface area contributed by atoms with Crippen molar-refractivity contribution in [1.29, 1.82) is 0 Å². The minimum absolute atomic E-state index is 0. The summed E-state index contributed by atoms with van der Waals surface area (Å²) in [5.41, 5.74) is 0. The van der Waals surface area contributed by atoms with Crippen LogP contribution in [0.2, 0.25) is 0 Å². The zero-order chi connectivity index (χ0) is 20.3. The fourth-order valence-electron chi connectivity index (χ4n) is 3.80. The van der Waals surface area contributed by atoms with E-state index >= 15 is 0 Å². The summed E-state index contributed by atoms with van der Waals surface area (Å²) in [4.78, 5) is 22.4. The number of rotatable bonds is 20. The van der Waals surface area contributed by atoms with Crippen molar-refractivity contribution in [3.63, 3.8) is 0 Å². The Morgan fingerprint density at radius 1 is 0.607 bits per heavy atom. The molecule has 0 amide bonds. The zero-order valence-electron chi connectivity index (χ0n) is 17.9. The van der Waals surface area contributed by atoms with E-state index in [1.54, 1.807) is 0 Å². The molecule has 28 heavy (non-hydrogen) atoms. The van der Waals surface area contributed by atoms with E-state index in [1.807, 2.05) is 0 Å². The van der Waals surface area contributed by atoms with E-state index in [1.165, 1.54) is 70.6 Å². The van der Waals surface area contributed by atoms with Crippen LogP contribution in [0.1, 0.15) is 123 Å². The van der Waals surface area contributed by atoms with E-state index in [4.69, 9.17) is 10.2 Å². The number of hydrogen-bond donors (Lipinski definition) is 2. The predicted octanol–water partition coefficient (Wildman–Crippen LogP) is 6.41. The second-order valence-electron chi connectivity index (χ2n) is 8.15. The number of unbranched alkanes of at least 4 members (excludes halogenated alkanes) is 12. The Bertz CT molecular complexity index is 360. The number of hydrogen-bond acceptors (Lipinski definition) is 2. The van der Waals surface area contributed by atoms with Crippen LogP contribution in [0.15, 0.2) is 0 Å². The van der Waals surface area contributed by atoms with Gasteiger partial charge in [0.05, 0.1) is 0 Å². The van der Waals surface area contributed by atoms with E-state index in [-0.39, 0.29) is 41.9 Å². The summed E-state index contributed by atoms with van der Waals surface area (Å²) in [6, 6.07) is 0. The van der Waals surface area contributed by atoms with Gasteiger partial charge in [0.15, 0.2) is 5.92 Å². The number of carboxylic acid groups (broad SMARTS) is 2. The van der Waals surface area contributed by atoms with E-state index in [0.29, 0.717) is 0 Å². The fraction of sp³-hybridized carbons (Fsp3) is 0.913. The van der Waals surface area contributed by atoms with Gasteiger partial charge in [0.25, 0.3) is 0 Å². The van der Waals surface area contributed by atoms with Gasteiger partial charge in [-0.2, -0.15) is 0 Å². The molecule has 1 atom stereocenters. The van der Waals surface area contributed by atoms with Gasteiger partial charge in [0.2, 0.25) is 0 Å². The molecule has 0 aliphatic rings. The second kappa shape index (κ2) is 21.6. The molecule has 5 heteroatoms. The standard InChI is InChI=1S/C23H44O4.Na.H/c1-3-5-7-9-10-11-12-13-14-16-18-20(17-15-8-6-4-2)19-21(22(24)25)23(26)27;;/h20-21H,3-19H2,1-2H3,(H,24,25)(H,26,27);;. The number of carbonyl (C=O) groups is 2. The van der Waals surface area contributed by atoms with Crippen LogP contribution < -0.4 is 0 Å². The Labute approximate surface area is 195 Å². The summed E-state index contributed by atoms with van der Waals surface area (Å²) in [5.74, 6) is -3.40. The van der Waals surface area contributed by atoms with Crippen molar-refractivity contribution >= 4 is 41.5 Å². The van der Waals surface area contributed by atoms with E-state index in [9.17, 15) is 9.59 Å². The van der Waals surface area contributed by atoms with Crippen molar-refractivity contribution in [1.82, 2.24) is 0 Å². The minimum atomic E-state index is -1.25. The van der Waals surface area contributed by atoms with Gasteiger partial charge in [0, 0.05) is 0 Å². The number of aliphatic carboxylic acids is 2. The van der Waals surface area contributed by atoms with Gasteiger partial charge in [-0.25, -0.2) is 0 Å². The van der Waals surface area contributed by atoms with Crippen molar-refractivity contribution < 1.29 is 19.8 Å².